The molecule has 1 fully saturated rings. The van der Waals surface area contributed by atoms with Crippen molar-refractivity contribution >= 4 is 17.4 Å². The lowest BCUT2D eigenvalue weighted by atomic mass is 9.94. The summed E-state index contributed by atoms with van der Waals surface area (Å²) in [6.07, 6.45) is 1.59. The molecule has 1 N–H and O–H groups in total. The Balaban J connectivity index is 1.82. The molecule has 0 saturated carbocycles. The van der Waals surface area contributed by atoms with E-state index >= 15 is 0 Å². The number of hydrogen-bond acceptors (Lipinski definition) is 7. The third kappa shape index (κ3) is 4.91. The van der Waals surface area contributed by atoms with Gasteiger partial charge in [-0.2, -0.15) is 0 Å². The van der Waals surface area contributed by atoms with E-state index in [1.54, 1.807) is 30.3 Å². The molecule has 2 aromatic carbocycles. The second-order valence-corrected chi connectivity index (χ2v) is 8.93. The summed E-state index contributed by atoms with van der Waals surface area (Å²) in [6.45, 7) is 7.26. The Morgan fingerprint density at radius 3 is 2.61 bits per heavy atom. The highest BCUT2D eigenvalue weighted by Gasteiger charge is 2.46. The van der Waals surface area contributed by atoms with E-state index in [9.17, 15) is 14.7 Å². The lowest BCUT2D eigenvalue weighted by Crippen LogP contribution is -2.32. The number of carbonyl (C=O) groups excluding carboxylic acids is 2. The van der Waals surface area contributed by atoms with Crippen LogP contribution in [0.15, 0.2) is 42.0 Å². The van der Waals surface area contributed by atoms with Crippen LogP contribution in [-0.4, -0.2) is 61.3 Å². The van der Waals surface area contributed by atoms with Crippen LogP contribution in [-0.2, 0) is 20.7 Å². The van der Waals surface area contributed by atoms with E-state index in [0.717, 1.165) is 17.7 Å². The number of methoxy groups -OCH3 is 1. The summed E-state index contributed by atoms with van der Waals surface area (Å²) in [5.41, 5.74) is 2.09. The number of fused-ring (bicyclic) bond motifs is 1. The third-order valence-corrected chi connectivity index (χ3v) is 6.29. The number of ether oxygens (including phenoxy) is 4. The number of hydrogen-bond donors (Lipinski definition) is 1. The molecule has 2 atom stereocenters. The zero-order chi connectivity index (χ0) is 25.8. The molecule has 8 nitrogen and oxygen atoms in total. The van der Waals surface area contributed by atoms with Crippen molar-refractivity contribution in [3.63, 3.8) is 0 Å². The fourth-order valence-corrected chi connectivity index (χ4v) is 4.67. The number of aliphatic hydroxyl groups excluding tert-OH is 1. The van der Waals surface area contributed by atoms with E-state index in [2.05, 4.69) is 0 Å². The molecule has 1 amide bonds. The van der Waals surface area contributed by atoms with E-state index in [0.29, 0.717) is 42.3 Å². The minimum Gasteiger partial charge on any atom is -0.507 e. The Bertz CT molecular complexity index is 1170. The summed E-state index contributed by atoms with van der Waals surface area (Å²) in [4.78, 5) is 27.8. The van der Waals surface area contributed by atoms with Crippen LogP contribution in [0.1, 0.15) is 49.9 Å². The number of ketones is 1. The average molecular weight is 496 g/mol. The third-order valence-electron chi connectivity index (χ3n) is 6.29. The maximum absolute atomic E-state index is 13.3. The van der Waals surface area contributed by atoms with Crippen LogP contribution < -0.4 is 14.2 Å². The van der Waals surface area contributed by atoms with Gasteiger partial charge in [0.15, 0.2) is 11.5 Å². The second-order valence-electron chi connectivity index (χ2n) is 8.93. The van der Waals surface area contributed by atoms with Gasteiger partial charge in [-0.05, 0) is 61.7 Å². The SMILES string of the molecule is CCCOc1ccc([C@@H]2C(=C(O)c3ccc4c(c3)C[C@@H](C)O4)C(=O)C(=O)N2CCOC)cc1OCC. The van der Waals surface area contributed by atoms with Gasteiger partial charge in [-0.15, -0.1) is 0 Å². The maximum atomic E-state index is 13.3. The minimum atomic E-state index is -0.803. The Morgan fingerprint density at radius 1 is 1.08 bits per heavy atom. The van der Waals surface area contributed by atoms with Crippen molar-refractivity contribution in [1.82, 2.24) is 4.90 Å². The van der Waals surface area contributed by atoms with Crippen molar-refractivity contribution in [2.45, 2.75) is 45.8 Å². The van der Waals surface area contributed by atoms with Gasteiger partial charge in [0, 0.05) is 25.6 Å². The standard InChI is InChI=1S/C28H33NO7/c1-5-12-35-22-10-7-18(16-23(22)34-6-2)25-24(27(31)28(32)29(25)11-13-33-4)26(30)19-8-9-21-20(15-19)14-17(3)36-21/h7-10,15-17,25,30H,5-6,11-14H2,1-4H3/t17-,25-/m1/s1. The normalized spacial score (nSPS) is 20.4. The van der Waals surface area contributed by atoms with Gasteiger partial charge in [0.25, 0.3) is 11.7 Å². The first-order valence-electron chi connectivity index (χ1n) is 12.4. The van der Waals surface area contributed by atoms with Gasteiger partial charge in [-0.25, -0.2) is 0 Å². The lowest BCUT2D eigenvalue weighted by molar-refractivity contribution is -0.140. The minimum absolute atomic E-state index is 0.0349. The van der Waals surface area contributed by atoms with Gasteiger partial charge >= 0.3 is 0 Å². The predicted octanol–water partition coefficient (Wildman–Crippen LogP) is 4.27. The molecular weight excluding hydrogens is 462 g/mol. The molecule has 2 aliphatic heterocycles. The Morgan fingerprint density at radius 2 is 1.89 bits per heavy atom. The van der Waals surface area contributed by atoms with Gasteiger partial charge in [0.2, 0.25) is 0 Å². The largest absolute Gasteiger partial charge is 0.507 e. The topological polar surface area (TPSA) is 94.5 Å². The molecular formula is C28H33NO7. The number of carbonyl (C=O) groups is 2. The molecule has 8 heteroatoms. The van der Waals surface area contributed by atoms with E-state index in [4.69, 9.17) is 18.9 Å². The number of amides is 1. The Hall–Kier alpha value is -3.52. The predicted molar refractivity (Wildman–Crippen MR) is 135 cm³/mol. The number of Topliss-reactive ketones (excluding diaryl/α,β-unsaturated/α-hetero) is 1. The van der Waals surface area contributed by atoms with Crippen LogP contribution >= 0.6 is 0 Å². The molecule has 4 rings (SSSR count). The summed E-state index contributed by atoms with van der Waals surface area (Å²) in [6, 6.07) is 9.87. The van der Waals surface area contributed by atoms with Gasteiger partial charge in [-0.3, -0.25) is 9.59 Å². The number of aliphatic hydroxyl groups is 1. The van der Waals surface area contributed by atoms with Crippen molar-refractivity contribution in [2.24, 2.45) is 0 Å². The molecule has 2 aliphatic rings. The first-order chi connectivity index (χ1) is 17.4. The quantitative estimate of drug-likeness (QED) is 0.299. The highest BCUT2D eigenvalue weighted by Crippen LogP contribution is 2.42. The molecule has 0 aromatic heterocycles. The van der Waals surface area contributed by atoms with Gasteiger partial charge < -0.3 is 29.0 Å². The average Bonchev–Trinajstić information content (AvgIpc) is 3.37. The van der Waals surface area contributed by atoms with E-state index in [-0.39, 0.29) is 30.6 Å². The number of likely N-dealkylation sites (tertiary alicyclic amines) is 1. The van der Waals surface area contributed by atoms with Crippen LogP contribution in [0.3, 0.4) is 0 Å². The Kier molecular flexibility index (Phi) is 7.84. The lowest BCUT2D eigenvalue weighted by Gasteiger charge is -2.26. The van der Waals surface area contributed by atoms with Crippen LogP contribution in [0, 0.1) is 0 Å². The molecule has 0 bridgehead atoms. The van der Waals surface area contributed by atoms with Crippen molar-refractivity contribution in [1.29, 1.82) is 0 Å². The first-order valence-corrected chi connectivity index (χ1v) is 12.4. The van der Waals surface area contributed by atoms with Crippen LogP contribution in [0.25, 0.3) is 5.76 Å². The highest BCUT2D eigenvalue weighted by molar-refractivity contribution is 6.46. The van der Waals surface area contributed by atoms with Crippen molar-refractivity contribution in [3.8, 4) is 17.2 Å². The summed E-state index contributed by atoms with van der Waals surface area (Å²) in [5.74, 6) is 0.238. The van der Waals surface area contributed by atoms with Crippen molar-refractivity contribution in [2.75, 3.05) is 33.5 Å². The van der Waals surface area contributed by atoms with E-state index in [1.807, 2.05) is 26.8 Å². The van der Waals surface area contributed by atoms with Crippen LogP contribution in [0.5, 0.6) is 17.2 Å². The molecule has 2 aromatic rings. The van der Waals surface area contributed by atoms with E-state index < -0.39 is 17.7 Å². The van der Waals surface area contributed by atoms with Crippen molar-refractivity contribution < 1.29 is 33.6 Å². The Labute approximate surface area is 211 Å². The van der Waals surface area contributed by atoms with Crippen LogP contribution in [0.4, 0.5) is 0 Å². The molecule has 0 spiro atoms. The van der Waals surface area contributed by atoms with Gasteiger partial charge in [0.05, 0.1) is 31.4 Å². The monoisotopic (exact) mass is 495 g/mol. The molecule has 36 heavy (non-hydrogen) atoms. The number of benzene rings is 2. The fourth-order valence-electron chi connectivity index (χ4n) is 4.67. The molecule has 0 aliphatic carbocycles. The molecule has 2 heterocycles. The molecule has 1 saturated heterocycles. The highest BCUT2D eigenvalue weighted by atomic mass is 16.5. The number of nitrogens with zero attached hydrogens (tertiary/aromatic N) is 1. The summed E-state index contributed by atoms with van der Waals surface area (Å²) in [5, 5.41) is 11.4. The molecule has 192 valence electrons. The molecule has 0 unspecified atom stereocenters. The van der Waals surface area contributed by atoms with Crippen molar-refractivity contribution in [3.05, 3.63) is 58.7 Å². The van der Waals surface area contributed by atoms with E-state index in [1.165, 1.54) is 12.0 Å². The van der Waals surface area contributed by atoms with Gasteiger partial charge in [-0.1, -0.05) is 13.0 Å². The maximum Gasteiger partial charge on any atom is 0.295 e. The van der Waals surface area contributed by atoms with Gasteiger partial charge in [0.1, 0.15) is 17.6 Å². The second kappa shape index (κ2) is 11.0. The summed E-state index contributed by atoms with van der Waals surface area (Å²) in [7, 11) is 1.53. The number of rotatable bonds is 10. The fraction of sp³-hybridized carbons (Fsp3) is 0.429. The summed E-state index contributed by atoms with van der Waals surface area (Å²) >= 11 is 0. The van der Waals surface area contributed by atoms with Crippen LogP contribution in [0.2, 0.25) is 0 Å². The smallest absolute Gasteiger partial charge is 0.295 e. The first kappa shape index (κ1) is 25.6. The zero-order valence-corrected chi connectivity index (χ0v) is 21.2. The molecule has 0 radical (unpaired) electrons. The zero-order valence-electron chi connectivity index (χ0n) is 21.2. The summed E-state index contributed by atoms with van der Waals surface area (Å²) < 4.78 is 22.6.